The number of nitrogens with two attached hydrogens (primary N) is 4. The van der Waals surface area contributed by atoms with Crippen molar-refractivity contribution in [3.8, 4) is 0 Å². The monoisotopic (exact) mass is 581 g/mol. The maximum atomic E-state index is 12.6. The molecule has 3 rings (SSSR count). The number of nitrogens with zero attached hydrogens (tertiary/aromatic N) is 1. The molecule has 2 saturated heterocycles. The Morgan fingerprint density at radius 2 is 1.73 bits per heavy atom. The molecule has 0 spiro atoms. The molecule has 0 bridgehead atoms. The summed E-state index contributed by atoms with van der Waals surface area (Å²) in [5.74, 6) is -0.840. The van der Waals surface area contributed by atoms with Gasteiger partial charge in [-0.15, -0.1) is 0 Å². The molecule has 0 aromatic rings. The molecule has 1 aliphatic carbocycles. The van der Waals surface area contributed by atoms with Crippen LogP contribution in [-0.2, 0) is 14.2 Å². The van der Waals surface area contributed by atoms with Crippen molar-refractivity contribution in [3.63, 3.8) is 0 Å². The van der Waals surface area contributed by atoms with Gasteiger partial charge in [0.1, 0.15) is 24.4 Å². The highest BCUT2D eigenvalue weighted by atomic mass is 16.7. The quantitative estimate of drug-likeness (QED) is 0.0844. The van der Waals surface area contributed by atoms with E-state index >= 15 is 0 Å². The van der Waals surface area contributed by atoms with Crippen LogP contribution in [0.2, 0.25) is 0 Å². The first-order valence-electron chi connectivity index (χ1n) is 13.7. The Hall–Kier alpha value is -1.29. The average Bonchev–Trinajstić information content (AvgIpc) is 2.91. The van der Waals surface area contributed by atoms with Crippen LogP contribution in [0, 0.1) is 5.92 Å². The Labute approximate surface area is 232 Å². The van der Waals surface area contributed by atoms with E-state index in [0.29, 0.717) is 18.2 Å². The Morgan fingerprint density at radius 1 is 1.02 bits per heavy atom. The summed E-state index contributed by atoms with van der Waals surface area (Å²) < 4.78 is 17.7. The second kappa shape index (κ2) is 14.7. The van der Waals surface area contributed by atoms with Crippen molar-refractivity contribution < 1.29 is 49.7 Å². The number of aliphatic hydroxyl groups is 5. The van der Waals surface area contributed by atoms with Crippen molar-refractivity contribution in [2.24, 2.45) is 28.9 Å². The second-order valence-corrected chi connectivity index (χ2v) is 10.7. The molecule has 2 heterocycles. The molecular formula is C23H47N7O10. The van der Waals surface area contributed by atoms with Crippen LogP contribution in [-0.4, -0.2) is 154 Å². The Kier molecular flexibility index (Phi) is 12.2. The number of carbonyl (C=O) groups excluding carboxylic acids is 1. The van der Waals surface area contributed by atoms with Gasteiger partial charge in [-0.2, -0.15) is 0 Å². The average molecular weight is 582 g/mol. The van der Waals surface area contributed by atoms with Gasteiger partial charge >= 0.3 is 6.03 Å². The molecule has 17 nitrogen and oxygen atoms in total. The van der Waals surface area contributed by atoms with Gasteiger partial charge in [-0.25, -0.2) is 9.86 Å². The lowest BCUT2D eigenvalue weighted by Gasteiger charge is -2.51. The lowest BCUT2D eigenvalue weighted by atomic mass is 9.72. The van der Waals surface area contributed by atoms with E-state index in [1.165, 1.54) is 0 Å². The minimum Gasteiger partial charge on any atom is -0.394 e. The first-order valence-corrected chi connectivity index (χ1v) is 13.7. The lowest BCUT2D eigenvalue weighted by Crippen LogP contribution is -2.70. The molecule has 3 aliphatic rings. The Bertz CT molecular complexity index is 803. The summed E-state index contributed by atoms with van der Waals surface area (Å²) in [6.07, 6.45) is -10.4. The van der Waals surface area contributed by atoms with Crippen LogP contribution in [0.4, 0.5) is 4.79 Å². The zero-order valence-corrected chi connectivity index (χ0v) is 22.6. The number of urea groups is 1. The van der Waals surface area contributed by atoms with E-state index in [1.54, 1.807) is 0 Å². The zero-order chi connectivity index (χ0) is 29.7. The highest BCUT2D eigenvalue weighted by Crippen LogP contribution is 2.36. The summed E-state index contributed by atoms with van der Waals surface area (Å²) in [5.41, 5.74) is 24.2. The standard InChI is InChI=1S/C23H47N7O10/c1-2-28-7-13-12(32)6-10(26)20(38-13)15-9(25)5-11(29-23(36)30(37)4-3-24)21(18(15)34)40-22-19(35)16(27)17(33)14(8-31)39-22/h9-22,28,31-35,37H,2-8,24-27H2,1H3,(H,29,36). The van der Waals surface area contributed by atoms with Gasteiger partial charge in [0.25, 0.3) is 0 Å². The molecule has 2 aliphatic heterocycles. The van der Waals surface area contributed by atoms with Gasteiger partial charge in [0.05, 0.1) is 49.7 Å². The Balaban J connectivity index is 1.88. The number of amides is 2. The van der Waals surface area contributed by atoms with Crippen molar-refractivity contribution >= 4 is 6.03 Å². The number of hydrogen-bond acceptors (Lipinski definition) is 15. The Morgan fingerprint density at radius 3 is 2.35 bits per heavy atom. The van der Waals surface area contributed by atoms with E-state index in [1.807, 2.05) is 6.92 Å². The highest BCUT2D eigenvalue weighted by molar-refractivity contribution is 5.73. The first-order chi connectivity index (χ1) is 18.9. The minimum atomic E-state index is -1.56. The smallest absolute Gasteiger partial charge is 0.341 e. The van der Waals surface area contributed by atoms with E-state index in [-0.39, 0.29) is 25.9 Å². The van der Waals surface area contributed by atoms with Gasteiger partial charge in [0.2, 0.25) is 0 Å². The number of hydroxylamine groups is 2. The van der Waals surface area contributed by atoms with Gasteiger partial charge in [-0.05, 0) is 19.4 Å². The summed E-state index contributed by atoms with van der Waals surface area (Å²) in [4.78, 5) is 12.6. The predicted octanol–water partition coefficient (Wildman–Crippen LogP) is -5.97. The number of hydrogen-bond donors (Lipinski definition) is 12. The van der Waals surface area contributed by atoms with E-state index < -0.39 is 97.8 Å². The lowest BCUT2D eigenvalue weighted by molar-refractivity contribution is -0.306. The number of rotatable bonds is 10. The maximum Gasteiger partial charge on any atom is 0.341 e. The number of ether oxygens (including phenoxy) is 3. The normalized spacial score (nSPS) is 44.3. The summed E-state index contributed by atoms with van der Waals surface area (Å²) in [6.45, 7) is 2.09. The topological polar surface area (TPSA) is 298 Å². The third kappa shape index (κ3) is 7.37. The van der Waals surface area contributed by atoms with Gasteiger partial charge in [0.15, 0.2) is 6.29 Å². The SMILES string of the molecule is CCNCC1OC(C2C(N)CC(NC(=O)N(O)CCN)C(OC3OC(CO)C(O)C(N)C3O)C2O)C(N)CC1O. The van der Waals surface area contributed by atoms with E-state index in [4.69, 9.17) is 37.1 Å². The second-order valence-electron chi connectivity index (χ2n) is 10.7. The zero-order valence-electron chi connectivity index (χ0n) is 22.6. The van der Waals surface area contributed by atoms with Crippen LogP contribution in [0.15, 0.2) is 0 Å². The molecule has 16 N–H and O–H groups in total. The number of aliphatic hydroxyl groups excluding tert-OH is 5. The van der Waals surface area contributed by atoms with Gasteiger partial charge in [-0.3, -0.25) is 5.21 Å². The molecule has 1 saturated carbocycles. The molecule has 0 aromatic carbocycles. The van der Waals surface area contributed by atoms with Crippen LogP contribution >= 0.6 is 0 Å². The van der Waals surface area contributed by atoms with Crippen molar-refractivity contribution in [2.75, 3.05) is 32.8 Å². The van der Waals surface area contributed by atoms with Gasteiger partial charge in [-0.1, -0.05) is 6.92 Å². The molecule has 40 heavy (non-hydrogen) atoms. The minimum absolute atomic E-state index is 0.0135. The summed E-state index contributed by atoms with van der Waals surface area (Å²) in [5, 5.41) is 68.7. The fourth-order valence-electron chi connectivity index (χ4n) is 5.69. The first kappa shape index (κ1) is 33.2. The van der Waals surface area contributed by atoms with Crippen LogP contribution in [0.3, 0.4) is 0 Å². The van der Waals surface area contributed by atoms with Gasteiger partial charge < -0.3 is 73.3 Å². The third-order valence-electron chi connectivity index (χ3n) is 7.93. The van der Waals surface area contributed by atoms with Crippen molar-refractivity contribution in [2.45, 2.75) is 99.1 Å². The molecule has 3 fully saturated rings. The van der Waals surface area contributed by atoms with E-state index in [2.05, 4.69) is 10.6 Å². The van der Waals surface area contributed by atoms with E-state index in [9.17, 15) is 35.5 Å². The predicted molar refractivity (Wildman–Crippen MR) is 138 cm³/mol. The van der Waals surface area contributed by atoms with Crippen LogP contribution in [0.25, 0.3) is 0 Å². The largest absolute Gasteiger partial charge is 0.394 e. The van der Waals surface area contributed by atoms with Crippen LogP contribution in [0.1, 0.15) is 19.8 Å². The van der Waals surface area contributed by atoms with Crippen LogP contribution < -0.4 is 33.6 Å². The fourth-order valence-corrected chi connectivity index (χ4v) is 5.69. The number of carbonyl (C=O) groups is 1. The van der Waals surface area contributed by atoms with Crippen molar-refractivity contribution in [1.29, 1.82) is 0 Å². The molecule has 234 valence electrons. The van der Waals surface area contributed by atoms with Crippen molar-refractivity contribution in [3.05, 3.63) is 0 Å². The number of likely N-dealkylation sites (N-methyl/N-ethyl adjacent to an activating group) is 1. The number of nitrogens with one attached hydrogen (secondary N) is 2. The summed E-state index contributed by atoms with van der Waals surface area (Å²) >= 11 is 0. The molecule has 2 amide bonds. The molecule has 0 radical (unpaired) electrons. The molecule has 14 atom stereocenters. The highest BCUT2D eigenvalue weighted by Gasteiger charge is 2.53. The van der Waals surface area contributed by atoms with Gasteiger partial charge in [0, 0.05) is 31.1 Å². The fraction of sp³-hybridized carbons (Fsp3) is 0.957. The maximum absolute atomic E-state index is 12.6. The summed E-state index contributed by atoms with van der Waals surface area (Å²) in [7, 11) is 0. The molecular weight excluding hydrogens is 534 g/mol. The third-order valence-corrected chi connectivity index (χ3v) is 7.93. The van der Waals surface area contributed by atoms with Crippen LogP contribution in [0.5, 0.6) is 0 Å². The summed E-state index contributed by atoms with van der Waals surface area (Å²) in [6, 6.07) is -4.65. The molecule has 14 unspecified atom stereocenters. The molecule has 0 aromatic heterocycles. The van der Waals surface area contributed by atoms with E-state index in [0.717, 1.165) is 0 Å². The van der Waals surface area contributed by atoms with Crippen molar-refractivity contribution in [1.82, 2.24) is 15.7 Å². The molecule has 17 heteroatoms.